The summed E-state index contributed by atoms with van der Waals surface area (Å²) in [4.78, 5) is 15.9. The van der Waals surface area contributed by atoms with E-state index in [9.17, 15) is 9.90 Å². The number of aromatic nitrogens is 2. The van der Waals surface area contributed by atoms with Crippen LogP contribution in [0.5, 0.6) is 0 Å². The van der Waals surface area contributed by atoms with Gasteiger partial charge in [-0.05, 0) is 39.9 Å². The lowest BCUT2D eigenvalue weighted by atomic mass is 9.98. The van der Waals surface area contributed by atoms with Crippen molar-refractivity contribution in [2.24, 2.45) is 0 Å². The van der Waals surface area contributed by atoms with E-state index in [0.29, 0.717) is 24.7 Å². The van der Waals surface area contributed by atoms with E-state index in [2.05, 4.69) is 16.9 Å². The lowest BCUT2D eigenvalue weighted by Crippen LogP contribution is -2.32. The predicted molar refractivity (Wildman–Crippen MR) is 161 cm³/mol. The minimum atomic E-state index is -0.645. The molecule has 0 unspecified atom stereocenters. The first-order valence-corrected chi connectivity index (χ1v) is 14.3. The monoisotopic (exact) mass is 607 g/mol. The average Bonchev–Trinajstić information content (AvgIpc) is 3.35. The van der Waals surface area contributed by atoms with Crippen molar-refractivity contribution in [3.63, 3.8) is 0 Å². The second-order valence-corrected chi connectivity index (χ2v) is 10.6. The maximum atomic E-state index is 11.8. The van der Waals surface area contributed by atoms with Gasteiger partial charge in [0.2, 0.25) is 0 Å². The van der Waals surface area contributed by atoms with Crippen LogP contribution in [-0.2, 0) is 33.9 Å². The second-order valence-electron chi connectivity index (χ2n) is 9.90. The smallest absolute Gasteiger partial charge is 0.407 e. The third-order valence-corrected chi connectivity index (χ3v) is 7.71. The highest BCUT2D eigenvalue weighted by Crippen LogP contribution is 2.39. The topological polar surface area (TPSA) is 94.8 Å². The summed E-state index contributed by atoms with van der Waals surface area (Å²) in [6.07, 6.45) is 2.07. The molecular formula is C32H31Cl2N3O5. The Kier molecular flexibility index (Phi) is 9.94. The van der Waals surface area contributed by atoms with Crippen LogP contribution >= 0.6 is 23.2 Å². The molecule has 3 atom stereocenters. The van der Waals surface area contributed by atoms with E-state index in [4.69, 9.17) is 37.4 Å². The van der Waals surface area contributed by atoms with Crippen molar-refractivity contribution in [2.45, 2.75) is 44.6 Å². The van der Waals surface area contributed by atoms with Crippen LogP contribution in [0.15, 0.2) is 91.8 Å². The standard InChI is InChI=1S/C32H31Cl2N3O5/c1-2-13-40-32(39)35-17-22-5-3-6-24(14-22)25-7-4-8-26(15-25)31-41-27(18-37-20-36-29(33)30(37)34)16-28(42-31)23-11-9-21(19-38)10-12-23/h2-12,14-15,20,27-28,31,38H,1,13,16-19H2,(H,35,39)/t27-,28+,31+/m1/s1. The number of aliphatic hydroxyl groups excluding tert-OH is 1. The third kappa shape index (κ3) is 7.40. The highest BCUT2D eigenvalue weighted by molar-refractivity contribution is 6.40. The van der Waals surface area contributed by atoms with Crippen molar-refractivity contribution in [3.05, 3.63) is 124 Å². The number of benzene rings is 3. The molecule has 3 aromatic carbocycles. The lowest BCUT2D eigenvalue weighted by molar-refractivity contribution is -0.252. The molecule has 0 spiro atoms. The first-order valence-electron chi connectivity index (χ1n) is 13.5. The van der Waals surface area contributed by atoms with Crippen LogP contribution < -0.4 is 5.32 Å². The maximum absolute atomic E-state index is 11.8. The number of hydrogen-bond acceptors (Lipinski definition) is 6. The number of carbonyl (C=O) groups excluding carboxylic acids is 1. The van der Waals surface area contributed by atoms with E-state index in [1.54, 1.807) is 10.9 Å². The second kappa shape index (κ2) is 14.0. The van der Waals surface area contributed by atoms with Crippen LogP contribution in [0, 0.1) is 0 Å². The molecule has 42 heavy (non-hydrogen) atoms. The number of rotatable bonds is 10. The fourth-order valence-electron chi connectivity index (χ4n) is 4.81. The fraction of sp³-hybridized carbons (Fsp3) is 0.250. The highest BCUT2D eigenvalue weighted by Gasteiger charge is 2.33. The lowest BCUT2D eigenvalue weighted by Gasteiger charge is -2.36. The molecule has 1 fully saturated rings. The molecule has 218 valence electrons. The normalized spacial score (nSPS) is 18.4. The highest BCUT2D eigenvalue weighted by atomic mass is 35.5. The summed E-state index contributed by atoms with van der Waals surface area (Å²) in [5.74, 6) is 0. The van der Waals surface area contributed by atoms with Gasteiger partial charge < -0.3 is 29.2 Å². The average molecular weight is 609 g/mol. The van der Waals surface area contributed by atoms with Gasteiger partial charge in [-0.2, -0.15) is 0 Å². The number of amides is 1. The van der Waals surface area contributed by atoms with Gasteiger partial charge in [0.25, 0.3) is 0 Å². The van der Waals surface area contributed by atoms with Gasteiger partial charge >= 0.3 is 6.09 Å². The van der Waals surface area contributed by atoms with E-state index >= 15 is 0 Å². The molecule has 1 aromatic heterocycles. The van der Waals surface area contributed by atoms with E-state index in [1.807, 2.05) is 72.8 Å². The van der Waals surface area contributed by atoms with Gasteiger partial charge in [0.05, 0.1) is 31.7 Å². The summed E-state index contributed by atoms with van der Waals surface area (Å²) in [6.45, 7) is 4.46. The van der Waals surface area contributed by atoms with Crippen LogP contribution in [0.2, 0.25) is 10.3 Å². The molecule has 10 heteroatoms. The van der Waals surface area contributed by atoms with Gasteiger partial charge in [-0.15, -0.1) is 0 Å². The van der Waals surface area contributed by atoms with Crippen LogP contribution in [0.25, 0.3) is 11.1 Å². The van der Waals surface area contributed by atoms with Crippen LogP contribution in [-0.4, -0.2) is 33.5 Å². The van der Waals surface area contributed by atoms with Crippen LogP contribution in [0.1, 0.15) is 41.1 Å². The Morgan fingerprint density at radius 2 is 1.81 bits per heavy atom. The molecule has 4 aromatic rings. The number of alkyl carbamates (subject to hydrolysis) is 1. The Bertz CT molecular complexity index is 1520. The van der Waals surface area contributed by atoms with Gasteiger partial charge in [0.15, 0.2) is 11.4 Å². The summed E-state index contributed by atoms with van der Waals surface area (Å²) >= 11 is 12.4. The predicted octanol–water partition coefficient (Wildman–Crippen LogP) is 7.01. The zero-order valence-corrected chi connectivity index (χ0v) is 24.3. The zero-order chi connectivity index (χ0) is 29.5. The number of nitrogens with zero attached hydrogens (tertiary/aromatic N) is 2. The third-order valence-electron chi connectivity index (χ3n) is 6.94. The number of aliphatic hydroxyl groups is 1. The largest absolute Gasteiger partial charge is 0.445 e. The fourth-order valence-corrected chi connectivity index (χ4v) is 5.12. The van der Waals surface area contributed by atoms with Gasteiger partial charge in [-0.3, -0.25) is 0 Å². The van der Waals surface area contributed by atoms with Gasteiger partial charge in [-0.25, -0.2) is 9.78 Å². The number of hydrogen-bond donors (Lipinski definition) is 2. The Balaban J connectivity index is 1.37. The zero-order valence-electron chi connectivity index (χ0n) is 22.8. The maximum Gasteiger partial charge on any atom is 0.407 e. The van der Waals surface area contributed by atoms with Crippen LogP contribution in [0.3, 0.4) is 0 Å². The quantitative estimate of drug-likeness (QED) is 0.188. The molecule has 1 saturated heterocycles. The summed E-state index contributed by atoms with van der Waals surface area (Å²) in [5.41, 5.74) is 5.58. The molecule has 0 radical (unpaired) electrons. The minimum Gasteiger partial charge on any atom is -0.445 e. The first kappa shape index (κ1) is 29.8. The van der Waals surface area contributed by atoms with Crippen molar-refractivity contribution in [2.75, 3.05) is 6.61 Å². The van der Waals surface area contributed by atoms with Gasteiger partial charge in [-0.1, -0.05) is 96.5 Å². The summed E-state index contributed by atoms with van der Waals surface area (Å²) in [5, 5.41) is 12.8. The van der Waals surface area contributed by atoms with Crippen molar-refractivity contribution >= 4 is 29.3 Å². The summed E-state index contributed by atoms with van der Waals surface area (Å²) < 4.78 is 19.7. The van der Waals surface area contributed by atoms with E-state index in [-0.39, 0.29) is 30.6 Å². The summed E-state index contributed by atoms with van der Waals surface area (Å²) in [7, 11) is 0. The first-order chi connectivity index (χ1) is 20.4. The van der Waals surface area contributed by atoms with Gasteiger partial charge in [0, 0.05) is 18.5 Å². The van der Waals surface area contributed by atoms with Crippen molar-refractivity contribution in [3.8, 4) is 11.1 Å². The number of imidazole rings is 1. The minimum absolute atomic E-state index is 0.0243. The van der Waals surface area contributed by atoms with E-state index in [1.165, 1.54) is 6.08 Å². The molecule has 0 bridgehead atoms. The molecule has 1 aliphatic heterocycles. The Labute approximate surface area is 254 Å². The SMILES string of the molecule is C=CCOC(=O)NCc1cccc(-c2cccc([C@H]3O[C@@H](Cn4cnc(Cl)c4Cl)C[C@@H](c4ccc(CO)cc4)O3)c2)c1. The molecule has 1 amide bonds. The Hall–Kier alpha value is -3.66. The molecule has 8 nitrogen and oxygen atoms in total. The van der Waals surface area contributed by atoms with Crippen LogP contribution in [0.4, 0.5) is 4.79 Å². The molecule has 0 saturated carbocycles. The van der Waals surface area contributed by atoms with E-state index in [0.717, 1.165) is 33.4 Å². The van der Waals surface area contributed by atoms with Crippen molar-refractivity contribution in [1.82, 2.24) is 14.9 Å². The molecule has 2 N–H and O–H groups in total. The number of carbonyl (C=O) groups is 1. The number of halogens is 2. The van der Waals surface area contributed by atoms with E-state index < -0.39 is 12.4 Å². The Morgan fingerprint density at radius 3 is 2.52 bits per heavy atom. The Morgan fingerprint density at radius 1 is 1.05 bits per heavy atom. The molecule has 5 rings (SSSR count). The molecule has 1 aliphatic rings. The van der Waals surface area contributed by atoms with Crippen molar-refractivity contribution in [1.29, 1.82) is 0 Å². The molecule has 2 heterocycles. The molecular weight excluding hydrogens is 577 g/mol. The molecule has 0 aliphatic carbocycles. The summed E-state index contributed by atoms with van der Waals surface area (Å²) in [6, 6.07) is 23.7. The number of ether oxygens (including phenoxy) is 3. The van der Waals surface area contributed by atoms with Crippen molar-refractivity contribution < 1.29 is 24.1 Å². The van der Waals surface area contributed by atoms with Gasteiger partial charge in [0.1, 0.15) is 11.8 Å². The number of nitrogens with one attached hydrogen (secondary N) is 1.